The van der Waals surface area contributed by atoms with E-state index in [0.29, 0.717) is 0 Å². The molecule has 106 valence electrons. The van der Waals surface area contributed by atoms with Crippen LogP contribution in [0, 0.1) is 6.92 Å². The van der Waals surface area contributed by atoms with E-state index in [1.54, 1.807) is 0 Å². The van der Waals surface area contributed by atoms with E-state index in [0.717, 1.165) is 23.4 Å². The third kappa shape index (κ3) is 3.09. The summed E-state index contributed by atoms with van der Waals surface area (Å²) in [6.45, 7) is 4.98. The highest BCUT2D eigenvalue weighted by molar-refractivity contribution is 5.82. The Balaban J connectivity index is 1.82. The third-order valence-electron chi connectivity index (χ3n) is 3.66. The molecule has 2 heterocycles. The van der Waals surface area contributed by atoms with Crippen LogP contribution in [0.4, 0.5) is 0 Å². The van der Waals surface area contributed by atoms with Crippen molar-refractivity contribution in [3.05, 3.63) is 71.7 Å². The third-order valence-corrected chi connectivity index (χ3v) is 3.66. The molecule has 0 unspecified atom stereocenters. The van der Waals surface area contributed by atoms with Gasteiger partial charge in [0.15, 0.2) is 0 Å². The fourth-order valence-corrected chi connectivity index (χ4v) is 2.54. The van der Waals surface area contributed by atoms with Crippen molar-refractivity contribution in [3.63, 3.8) is 0 Å². The lowest BCUT2D eigenvalue weighted by Crippen LogP contribution is -2.19. The van der Waals surface area contributed by atoms with E-state index in [-0.39, 0.29) is 6.04 Å². The normalized spacial score (nSPS) is 12.5. The average Bonchev–Trinajstić information content (AvgIpc) is 2.53. The summed E-state index contributed by atoms with van der Waals surface area (Å²) < 4.78 is 0. The molecule has 2 aromatic heterocycles. The zero-order valence-electron chi connectivity index (χ0n) is 12.4. The first-order valence-corrected chi connectivity index (χ1v) is 7.23. The molecule has 0 spiro atoms. The van der Waals surface area contributed by atoms with Gasteiger partial charge in [-0.3, -0.25) is 9.97 Å². The van der Waals surface area contributed by atoms with Crippen LogP contribution in [0.3, 0.4) is 0 Å². The summed E-state index contributed by atoms with van der Waals surface area (Å²) in [6.07, 6.45) is 1.83. The number of nitrogens with one attached hydrogen (secondary N) is 1. The van der Waals surface area contributed by atoms with Gasteiger partial charge in [-0.25, -0.2) is 0 Å². The van der Waals surface area contributed by atoms with Crippen LogP contribution in [0.15, 0.2) is 54.7 Å². The van der Waals surface area contributed by atoms with Gasteiger partial charge in [0.05, 0.1) is 11.2 Å². The maximum Gasteiger partial charge on any atom is 0.0708 e. The van der Waals surface area contributed by atoms with Crippen LogP contribution in [-0.4, -0.2) is 9.97 Å². The Morgan fingerprint density at radius 2 is 1.90 bits per heavy atom. The Morgan fingerprint density at radius 3 is 2.71 bits per heavy atom. The lowest BCUT2D eigenvalue weighted by atomic mass is 10.1. The molecule has 0 aliphatic heterocycles. The van der Waals surface area contributed by atoms with Gasteiger partial charge in [-0.2, -0.15) is 0 Å². The van der Waals surface area contributed by atoms with Crippen LogP contribution in [0.5, 0.6) is 0 Å². The fraction of sp³-hybridized carbons (Fsp3) is 0.222. The Labute approximate surface area is 125 Å². The summed E-state index contributed by atoms with van der Waals surface area (Å²) in [6, 6.07) is 16.7. The number of para-hydroxylation sites is 1. The second kappa shape index (κ2) is 6.02. The zero-order chi connectivity index (χ0) is 14.7. The van der Waals surface area contributed by atoms with E-state index in [4.69, 9.17) is 0 Å². The predicted octanol–water partition coefficient (Wildman–Crippen LogP) is 3.79. The summed E-state index contributed by atoms with van der Waals surface area (Å²) in [5.41, 5.74) is 4.45. The molecule has 0 amide bonds. The smallest absolute Gasteiger partial charge is 0.0708 e. The molecule has 3 rings (SSSR count). The van der Waals surface area contributed by atoms with Crippen molar-refractivity contribution in [1.29, 1.82) is 0 Å². The zero-order valence-corrected chi connectivity index (χ0v) is 12.4. The van der Waals surface area contributed by atoms with E-state index in [1.165, 1.54) is 10.9 Å². The van der Waals surface area contributed by atoms with E-state index < -0.39 is 0 Å². The first kappa shape index (κ1) is 13.7. The van der Waals surface area contributed by atoms with Crippen molar-refractivity contribution in [2.24, 2.45) is 0 Å². The van der Waals surface area contributed by atoms with E-state index in [2.05, 4.69) is 46.5 Å². The van der Waals surface area contributed by atoms with Gasteiger partial charge < -0.3 is 5.32 Å². The van der Waals surface area contributed by atoms with Crippen molar-refractivity contribution in [2.45, 2.75) is 26.4 Å². The number of hydrogen-bond acceptors (Lipinski definition) is 3. The van der Waals surface area contributed by atoms with Crippen LogP contribution >= 0.6 is 0 Å². The Bertz CT molecular complexity index is 738. The fourth-order valence-electron chi connectivity index (χ4n) is 2.54. The summed E-state index contributed by atoms with van der Waals surface area (Å²) in [4.78, 5) is 8.98. The Morgan fingerprint density at radius 1 is 1.10 bits per heavy atom. The molecule has 0 aliphatic rings. The number of benzene rings is 1. The number of hydrogen-bond donors (Lipinski definition) is 1. The summed E-state index contributed by atoms with van der Waals surface area (Å²) in [5.74, 6) is 0. The first-order chi connectivity index (χ1) is 10.2. The SMILES string of the molecule is Cc1cc(CN[C@H](C)c2ccccn2)c2ccccc2n1. The van der Waals surface area contributed by atoms with E-state index in [1.807, 2.05) is 37.4 Å². The van der Waals surface area contributed by atoms with Gasteiger partial charge in [0, 0.05) is 29.9 Å². The molecule has 3 aromatic rings. The van der Waals surface area contributed by atoms with Gasteiger partial charge in [-0.15, -0.1) is 0 Å². The van der Waals surface area contributed by atoms with Crippen LogP contribution in [-0.2, 0) is 6.54 Å². The molecule has 1 aromatic carbocycles. The van der Waals surface area contributed by atoms with Gasteiger partial charge >= 0.3 is 0 Å². The quantitative estimate of drug-likeness (QED) is 0.788. The monoisotopic (exact) mass is 277 g/mol. The molecule has 0 bridgehead atoms. The van der Waals surface area contributed by atoms with Crippen molar-refractivity contribution in [3.8, 4) is 0 Å². The second-order valence-corrected chi connectivity index (χ2v) is 5.30. The van der Waals surface area contributed by atoms with Crippen LogP contribution < -0.4 is 5.32 Å². The minimum absolute atomic E-state index is 0.221. The largest absolute Gasteiger partial charge is 0.305 e. The van der Waals surface area contributed by atoms with Crippen molar-refractivity contribution in [2.75, 3.05) is 0 Å². The van der Waals surface area contributed by atoms with E-state index >= 15 is 0 Å². The predicted molar refractivity (Wildman–Crippen MR) is 86.0 cm³/mol. The molecule has 1 atom stereocenters. The highest BCUT2D eigenvalue weighted by atomic mass is 14.9. The van der Waals surface area contributed by atoms with Gasteiger partial charge in [0.25, 0.3) is 0 Å². The minimum Gasteiger partial charge on any atom is -0.305 e. The molecule has 1 N–H and O–H groups in total. The standard InChI is InChI=1S/C18H19N3/c1-13-11-15(16-7-3-4-9-18(16)21-13)12-20-14(2)17-8-5-6-10-19-17/h3-11,14,20H,12H2,1-2H3/t14-/m1/s1. The topological polar surface area (TPSA) is 37.8 Å². The lowest BCUT2D eigenvalue weighted by molar-refractivity contribution is 0.563. The number of aromatic nitrogens is 2. The van der Waals surface area contributed by atoms with Gasteiger partial charge in [0.1, 0.15) is 0 Å². The number of aryl methyl sites for hydroxylation is 1. The van der Waals surface area contributed by atoms with Crippen molar-refractivity contribution >= 4 is 10.9 Å². The molecule has 0 aliphatic carbocycles. The average molecular weight is 277 g/mol. The number of pyridine rings is 2. The van der Waals surface area contributed by atoms with Crippen molar-refractivity contribution < 1.29 is 0 Å². The molecule has 21 heavy (non-hydrogen) atoms. The minimum atomic E-state index is 0.221. The first-order valence-electron chi connectivity index (χ1n) is 7.23. The van der Waals surface area contributed by atoms with Gasteiger partial charge in [-0.05, 0) is 43.7 Å². The summed E-state index contributed by atoms with van der Waals surface area (Å²) in [7, 11) is 0. The van der Waals surface area contributed by atoms with Gasteiger partial charge in [-0.1, -0.05) is 24.3 Å². The second-order valence-electron chi connectivity index (χ2n) is 5.30. The number of fused-ring (bicyclic) bond motifs is 1. The molecule has 0 fully saturated rings. The Hall–Kier alpha value is -2.26. The summed E-state index contributed by atoms with van der Waals surface area (Å²) >= 11 is 0. The molecule has 0 radical (unpaired) electrons. The van der Waals surface area contributed by atoms with Crippen LogP contribution in [0.1, 0.15) is 29.9 Å². The number of nitrogens with zero attached hydrogens (tertiary/aromatic N) is 2. The molecular weight excluding hydrogens is 258 g/mol. The van der Waals surface area contributed by atoms with Gasteiger partial charge in [0.2, 0.25) is 0 Å². The Kier molecular flexibility index (Phi) is 3.93. The highest BCUT2D eigenvalue weighted by Crippen LogP contribution is 2.19. The molecule has 3 nitrogen and oxygen atoms in total. The number of rotatable bonds is 4. The lowest BCUT2D eigenvalue weighted by Gasteiger charge is -2.14. The van der Waals surface area contributed by atoms with Crippen molar-refractivity contribution in [1.82, 2.24) is 15.3 Å². The molecular formula is C18H19N3. The van der Waals surface area contributed by atoms with E-state index in [9.17, 15) is 0 Å². The summed E-state index contributed by atoms with van der Waals surface area (Å²) in [5, 5.41) is 4.76. The molecule has 0 saturated carbocycles. The maximum atomic E-state index is 4.58. The van der Waals surface area contributed by atoms with Crippen LogP contribution in [0.2, 0.25) is 0 Å². The van der Waals surface area contributed by atoms with Crippen LogP contribution in [0.25, 0.3) is 10.9 Å². The molecule has 0 saturated heterocycles. The maximum absolute atomic E-state index is 4.58. The molecule has 3 heteroatoms. The highest BCUT2D eigenvalue weighted by Gasteiger charge is 2.08.